The van der Waals surface area contributed by atoms with Gasteiger partial charge in [-0.15, -0.1) is 0 Å². The zero-order valence-corrected chi connectivity index (χ0v) is 8.78. The summed E-state index contributed by atoms with van der Waals surface area (Å²) in [4.78, 5) is 3.62. The monoisotopic (exact) mass is 229 g/mol. The normalized spacial score (nSPS) is 12.6. The lowest BCUT2D eigenvalue weighted by Crippen LogP contribution is -2.10. The quantitative estimate of drug-likeness (QED) is 0.752. The van der Waals surface area contributed by atoms with Crippen molar-refractivity contribution in [3.05, 3.63) is 29.7 Å². The predicted molar refractivity (Wildman–Crippen MR) is 52.1 cm³/mol. The number of halogens is 3. The van der Waals surface area contributed by atoms with Gasteiger partial charge < -0.3 is 0 Å². The molecule has 0 aliphatic heterocycles. The first-order valence-electron chi connectivity index (χ1n) is 4.80. The van der Waals surface area contributed by atoms with Gasteiger partial charge in [0.25, 0.3) is 0 Å². The molecule has 0 radical (unpaired) electrons. The molecule has 0 aliphatic rings. The third-order valence-corrected chi connectivity index (χ3v) is 2.37. The number of rotatable bonds is 1. The second kappa shape index (κ2) is 3.47. The minimum absolute atomic E-state index is 0.00898. The van der Waals surface area contributed by atoms with Gasteiger partial charge in [0, 0.05) is 6.20 Å². The summed E-state index contributed by atoms with van der Waals surface area (Å²) in [5, 5.41) is 3.74. The molecule has 0 N–H and O–H groups in total. The first-order chi connectivity index (χ1) is 7.39. The van der Waals surface area contributed by atoms with Crippen LogP contribution in [0.25, 0.3) is 5.65 Å². The molecule has 0 fully saturated rings. The number of hydrogen-bond donors (Lipinski definition) is 0. The summed E-state index contributed by atoms with van der Waals surface area (Å²) in [6.45, 7) is 3.66. The van der Waals surface area contributed by atoms with Crippen LogP contribution >= 0.6 is 0 Å². The molecular formula is C10H10F3N3. The van der Waals surface area contributed by atoms with Crippen molar-refractivity contribution in [3.8, 4) is 0 Å². The lowest BCUT2D eigenvalue weighted by molar-refractivity contribution is -0.136. The molecule has 6 heteroatoms. The van der Waals surface area contributed by atoms with Gasteiger partial charge in [-0.05, 0) is 17.5 Å². The van der Waals surface area contributed by atoms with Crippen LogP contribution in [0.3, 0.4) is 0 Å². The molecule has 0 unspecified atom stereocenters. The van der Waals surface area contributed by atoms with E-state index in [1.165, 1.54) is 0 Å². The van der Waals surface area contributed by atoms with E-state index in [9.17, 15) is 13.2 Å². The third-order valence-electron chi connectivity index (χ3n) is 2.37. The molecule has 3 nitrogen and oxygen atoms in total. The standard InChI is InChI=1S/C10H10F3N3/c1-6(2)7-3-8(10(11,12)13)9-14-5-15-16(9)4-7/h3-6H,1-2H3. The molecule has 0 saturated heterocycles. The highest BCUT2D eigenvalue weighted by atomic mass is 19.4. The van der Waals surface area contributed by atoms with Crippen LogP contribution in [0.4, 0.5) is 13.2 Å². The van der Waals surface area contributed by atoms with Crippen LogP contribution in [0, 0.1) is 0 Å². The first kappa shape index (κ1) is 10.9. The van der Waals surface area contributed by atoms with Crippen molar-refractivity contribution in [2.24, 2.45) is 0 Å². The average Bonchev–Trinajstić information content (AvgIpc) is 2.61. The van der Waals surface area contributed by atoms with Crippen LogP contribution in [0.1, 0.15) is 30.9 Å². The minimum Gasteiger partial charge on any atom is -0.220 e. The molecule has 2 rings (SSSR count). The van der Waals surface area contributed by atoms with Crippen molar-refractivity contribution in [1.82, 2.24) is 14.6 Å². The SMILES string of the molecule is CC(C)c1cc(C(F)(F)F)c2ncnn2c1. The van der Waals surface area contributed by atoms with Gasteiger partial charge in [-0.25, -0.2) is 9.50 Å². The van der Waals surface area contributed by atoms with Gasteiger partial charge in [-0.2, -0.15) is 18.3 Å². The van der Waals surface area contributed by atoms with Crippen LogP contribution in [0.15, 0.2) is 18.6 Å². The molecule has 2 heterocycles. The zero-order chi connectivity index (χ0) is 11.9. The fraction of sp³-hybridized carbons (Fsp3) is 0.400. The van der Waals surface area contributed by atoms with Crippen molar-refractivity contribution < 1.29 is 13.2 Å². The summed E-state index contributed by atoms with van der Waals surface area (Å²) < 4.78 is 39.4. The molecule has 86 valence electrons. The van der Waals surface area contributed by atoms with Crippen LogP contribution in [0.5, 0.6) is 0 Å². The van der Waals surface area contributed by atoms with Gasteiger partial charge >= 0.3 is 6.18 Å². The van der Waals surface area contributed by atoms with Gasteiger partial charge in [0.05, 0.1) is 0 Å². The van der Waals surface area contributed by atoms with E-state index < -0.39 is 11.7 Å². The zero-order valence-electron chi connectivity index (χ0n) is 8.78. The van der Waals surface area contributed by atoms with Gasteiger partial charge in [-0.1, -0.05) is 13.8 Å². The largest absolute Gasteiger partial charge is 0.420 e. The Kier molecular flexibility index (Phi) is 2.36. The molecule has 0 bridgehead atoms. The second-order valence-corrected chi connectivity index (χ2v) is 3.87. The van der Waals surface area contributed by atoms with Crippen molar-refractivity contribution >= 4 is 5.65 Å². The Hall–Kier alpha value is -1.59. The number of hydrogen-bond acceptors (Lipinski definition) is 2. The summed E-state index contributed by atoms with van der Waals surface area (Å²) in [5.74, 6) is 0.00898. The fourth-order valence-electron chi connectivity index (χ4n) is 1.47. The van der Waals surface area contributed by atoms with Gasteiger partial charge in [0.2, 0.25) is 0 Å². The van der Waals surface area contributed by atoms with E-state index in [0.717, 1.165) is 16.9 Å². The average molecular weight is 229 g/mol. The lowest BCUT2D eigenvalue weighted by atomic mass is 10.0. The Labute approximate surface area is 89.9 Å². The highest BCUT2D eigenvalue weighted by Crippen LogP contribution is 2.33. The number of fused-ring (bicyclic) bond motifs is 1. The predicted octanol–water partition coefficient (Wildman–Crippen LogP) is 2.87. The van der Waals surface area contributed by atoms with E-state index in [1.54, 1.807) is 6.20 Å². The van der Waals surface area contributed by atoms with E-state index in [-0.39, 0.29) is 11.6 Å². The highest BCUT2D eigenvalue weighted by molar-refractivity contribution is 5.50. The Bertz CT molecular complexity index is 513. The molecule has 2 aromatic rings. The van der Waals surface area contributed by atoms with Crippen LogP contribution < -0.4 is 0 Å². The number of aromatic nitrogens is 3. The smallest absolute Gasteiger partial charge is 0.220 e. The fourth-order valence-corrected chi connectivity index (χ4v) is 1.47. The van der Waals surface area contributed by atoms with Crippen LogP contribution in [-0.4, -0.2) is 14.6 Å². The third kappa shape index (κ3) is 1.75. The summed E-state index contributed by atoms with van der Waals surface area (Å²) in [6.07, 6.45) is -1.71. The maximum Gasteiger partial charge on any atom is 0.420 e. The molecule has 0 spiro atoms. The van der Waals surface area contributed by atoms with Crippen molar-refractivity contribution in [2.45, 2.75) is 25.9 Å². The topological polar surface area (TPSA) is 30.2 Å². The van der Waals surface area contributed by atoms with Gasteiger partial charge in [0.1, 0.15) is 11.9 Å². The van der Waals surface area contributed by atoms with Gasteiger partial charge in [0.15, 0.2) is 5.65 Å². The minimum atomic E-state index is -4.40. The maximum absolute atomic E-state index is 12.8. The Morgan fingerprint density at radius 3 is 2.56 bits per heavy atom. The molecule has 0 saturated carbocycles. The molecular weight excluding hydrogens is 219 g/mol. The van der Waals surface area contributed by atoms with Crippen molar-refractivity contribution in [1.29, 1.82) is 0 Å². The summed E-state index contributed by atoms with van der Waals surface area (Å²) in [6, 6.07) is 1.13. The molecule has 0 amide bonds. The maximum atomic E-state index is 12.8. The van der Waals surface area contributed by atoms with E-state index in [2.05, 4.69) is 10.1 Å². The van der Waals surface area contributed by atoms with Crippen LogP contribution in [-0.2, 0) is 6.18 Å². The number of alkyl halides is 3. The van der Waals surface area contributed by atoms with Crippen molar-refractivity contribution in [2.75, 3.05) is 0 Å². The van der Waals surface area contributed by atoms with Crippen LogP contribution in [0.2, 0.25) is 0 Å². The molecule has 0 aromatic carbocycles. The van der Waals surface area contributed by atoms with Gasteiger partial charge in [-0.3, -0.25) is 0 Å². The molecule has 0 atom stereocenters. The molecule has 0 aliphatic carbocycles. The van der Waals surface area contributed by atoms with E-state index in [0.29, 0.717) is 5.56 Å². The summed E-state index contributed by atoms with van der Waals surface area (Å²) in [7, 11) is 0. The molecule has 2 aromatic heterocycles. The Balaban J connectivity index is 2.74. The molecule has 16 heavy (non-hydrogen) atoms. The van der Waals surface area contributed by atoms with E-state index in [1.807, 2.05) is 13.8 Å². The second-order valence-electron chi connectivity index (χ2n) is 3.87. The number of pyridine rings is 1. The summed E-state index contributed by atoms with van der Waals surface area (Å²) in [5.41, 5.74) is -0.307. The Morgan fingerprint density at radius 2 is 2.00 bits per heavy atom. The first-order valence-corrected chi connectivity index (χ1v) is 4.80. The van der Waals surface area contributed by atoms with Crippen molar-refractivity contribution in [3.63, 3.8) is 0 Å². The Morgan fingerprint density at radius 1 is 1.31 bits per heavy atom. The highest BCUT2D eigenvalue weighted by Gasteiger charge is 2.34. The lowest BCUT2D eigenvalue weighted by Gasteiger charge is -2.12. The van der Waals surface area contributed by atoms with E-state index in [4.69, 9.17) is 0 Å². The van der Waals surface area contributed by atoms with E-state index >= 15 is 0 Å². The number of nitrogens with zero attached hydrogens (tertiary/aromatic N) is 3. The summed E-state index contributed by atoms with van der Waals surface area (Å²) >= 11 is 0.